The molecule has 4 nitrogen and oxygen atoms in total. The zero-order chi connectivity index (χ0) is 17.8. The van der Waals surface area contributed by atoms with Gasteiger partial charge in [0.1, 0.15) is 23.5 Å². The maximum atomic E-state index is 14.0. The second-order valence-corrected chi connectivity index (χ2v) is 6.40. The minimum Gasteiger partial charge on any atom is -0.352 e. The molecule has 2 aromatic carbocycles. The van der Waals surface area contributed by atoms with E-state index >= 15 is 0 Å². The summed E-state index contributed by atoms with van der Waals surface area (Å²) in [6.45, 7) is 4.50. The first-order valence-corrected chi connectivity index (χ1v) is 8.45. The van der Waals surface area contributed by atoms with Gasteiger partial charge in [-0.3, -0.25) is 0 Å². The Kier molecular flexibility index (Phi) is 5.24. The molecule has 0 aliphatic carbocycles. The van der Waals surface area contributed by atoms with E-state index < -0.39 is 0 Å². The summed E-state index contributed by atoms with van der Waals surface area (Å²) in [6, 6.07) is 13.6. The summed E-state index contributed by atoms with van der Waals surface area (Å²) in [6.07, 6.45) is 1.43. The molecule has 130 valence electrons. The Bertz CT molecular complexity index is 846. The van der Waals surface area contributed by atoms with E-state index in [-0.39, 0.29) is 5.82 Å². The Morgan fingerprint density at radius 3 is 2.24 bits per heavy atom. The number of anilines is 1. The fraction of sp³-hybridized carbons (Fsp3) is 0.300. The number of rotatable bonds is 6. The number of halogens is 1. The Morgan fingerprint density at radius 1 is 0.920 bits per heavy atom. The summed E-state index contributed by atoms with van der Waals surface area (Å²) >= 11 is 0. The quantitative estimate of drug-likeness (QED) is 0.683. The van der Waals surface area contributed by atoms with Gasteiger partial charge in [0.05, 0.1) is 0 Å². The zero-order valence-electron chi connectivity index (χ0n) is 14.9. The van der Waals surface area contributed by atoms with Crippen molar-refractivity contribution in [3.05, 3.63) is 65.7 Å². The van der Waals surface area contributed by atoms with E-state index in [1.807, 2.05) is 6.07 Å². The minimum absolute atomic E-state index is 0.315. The molecule has 3 aromatic rings. The standard InChI is InChI=1S/C20H23FN4/c1-4-25(13-16-10-8-15(9-11-16)12-24(2)3)20-17-6-5-7-18(21)19(17)22-14-23-20/h5-11,14H,4,12-13H2,1-3H3. The highest BCUT2D eigenvalue weighted by Crippen LogP contribution is 2.25. The van der Waals surface area contributed by atoms with Crippen molar-refractivity contribution in [3.63, 3.8) is 0 Å². The third kappa shape index (κ3) is 3.94. The topological polar surface area (TPSA) is 32.3 Å². The number of benzene rings is 2. The number of aromatic nitrogens is 2. The Labute approximate surface area is 147 Å². The predicted molar refractivity (Wildman–Crippen MR) is 100 cm³/mol. The highest BCUT2D eigenvalue weighted by Gasteiger charge is 2.13. The average molecular weight is 338 g/mol. The second-order valence-electron chi connectivity index (χ2n) is 6.40. The molecular formula is C20H23FN4. The van der Waals surface area contributed by atoms with Gasteiger partial charge in [-0.25, -0.2) is 14.4 Å². The minimum atomic E-state index is -0.315. The summed E-state index contributed by atoms with van der Waals surface area (Å²) in [5.41, 5.74) is 2.85. The van der Waals surface area contributed by atoms with Crippen LogP contribution in [-0.4, -0.2) is 35.5 Å². The van der Waals surface area contributed by atoms with Crippen molar-refractivity contribution in [1.82, 2.24) is 14.9 Å². The van der Waals surface area contributed by atoms with Crippen LogP contribution in [0.25, 0.3) is 10.9 Å². The van der Waals surface area contributed by atoms with Crippen LogP contribution in [0.15, 0.2) is 48.8 Å². The molecule has 1 heterocycles. The molecule has 0 aliphatic heterocycles. The second kappa shape index (κ2) is 7.57. The van der Waals surface area contributed by atoms with Crippen LogP contribution in [-0.2, 0) is 13.1 Å². The summed E-state index contributed by atoms with van der Waals surface area (Å²) in [7, 11) is 4.12. The molecule has 0 amide bonds. The monoisotopic (exact) mass is 338 g/mol. The lowest BCUT2D eigenvalue weighted by Crippen LogP contribution is -2.23. The number of nitrogens with zero attached hydrogens (tertiary/aromatic N) is 4. The molecule has 25 heavy (non-hydrogen) atoms. The van der Waals surface area contributed by atoms with Crippen LogP contribution in [0.4, 0.5) is 10.2 Å². The maximum Gasteiger partial charge on any atom is 0.149 e. The van der Waals surface area contributed by atoms with E-state index in [1.54, 1.807) is 6.07 Å². The van der Waals surface area contributed by atoms with Crippen molar-refractivity contribution in [2.75, 3.05) is 25.5 Å². The lowest BCUT2D eigenvalue weighted by atomic mass is 10.1. The molecule has 0 saturated carbocycles. The SMILES string of the molecule is CCN(Cc1ccc(CN(C)C)cc1)c1ncnc2c(F)cccc12. The van der Waals surface area contributed by atoms with E-state index in [2.05, 4.69) is 65.1 Å². The first-order chi connectivity index (χ1) is 12.1. The highest BCUT2D eigenvalue weighted by atomic mass is 19.1. The summed E-state index contributed by atoms with van der Waals surface area (Å²) in [5.74, 6) is 0.453. The van der Waals surface area contributed by atoms with Crippen LogP contribution in [0.3, 0.4) is 0 Å². The van der Waals surface area contributed by atoms with Gasteiger partial charge in [-0.2, -0.15) is 0 Å². The molecule has 0 N–H and O–H groups in total. The van der Waals surface area contributed by atoms with E-state index in [1.165, 1.54) is 23.5 Å². The third-order valence-electron chi connectivity index (χ3n) is 4.17. The van der Waals surface area contributed by atoms with Gasteiger partial charge in [-0.1, -0.05) is 30.3 Å². The molecule has 5 heteroatoms. The van der Waals surface area contributed by atoms with E-state index in [9.17, 15) is 4.39 Å². The van der Waals surface area contributed by atoms with Gasteiger partial charge in [-0.15, -0.1) is 0 Å². The maximum absolute atomic E-state index is 14.0. The lowest BCUT2D eigenvalue weighted by Gasteiger charge is -2.23. The van der Waals surface area contributed by atoms with Crippen molar-refractivity contribution in [3.8, 4) is 0 Å². The molecule has 0 spiro atoms. The van der Waals surface area contributed by atoms with Crippen LogP contribution in [0.2, 0.25) is 0 Å². The van der Waals surface area contributed by atoms with E-state index in [4.69, 9.17) is 0 Å². The largest absolute Gasteiger partial charge is 0.352 e. The molecule has 0 radical (unpaired) electrons. The molecule has 0 bridgehead atoms. The molecular weight excluding hydrogens is 315 g/mol. The third-order valence-corrected chi connectivity index (χ3v) is 4.17. The summed E-state index contributed by atoms with van der Waals surface area (Å²) in [5, 5.41) is 0.744. The highest BCUT2D eigenvalue weighted by molar-refractivity contribution is 5.89. The molecule has 0 aliphatic rings. The number of para-hydroxylation sites is 1. The Balaban J connectivity index is 1.87. The molecule has 0 fully saturated rings. The first kappa shape index (κ1) is 17.3. The summed E-state index contributed by atoms with van der Waals surface area (Å²) < 4.78 is 14.0. The smallest absolute Gasteiger partial charge is 0.149 e. The average Bonchev–Trinajstić information content (AvgIpc) is 2.61. The van der Waals surface area contributed by atoms with E-state index in [0.717, 1.165) is 30.8 Å². The Morgan fingerprint density at radius 2 is 1.60 bits per heavy atom. The van der Waals surface area contributed by atoms with Crippen molar-refractivity contribution < 1.29 is 4.39 Å². The Hall–Kier alpha value is -2.53. The predicted octanol–water partition coefficient (Wildman–Crippen LogP) is 3.86. The van der Waals surface area contributed by atoms with Gasteiger partial charge in [0.25, 0.3) is 0 Å². The number of fused-ring (bicyclic) bond motifs is 1. The van der Waals surface area contributed by atoms with Crippen LogP contribution < -0.4 is 4.90 Å². The summed E-state index contributed by atoms with van der Waals surface area (Å²) in [4.78, 5) is 12.8. The fourth-order valence-electron chi connectivity index (χ4n) is 2.96. The van der Waals surface area contributed by atoms with Gasteiger partial charge in [-0.05, 0) is 44.3 Å². The van der Waals surface area contributed by atoms with Crippen LogP contribution in [0.1, 0.15) is 18.1 Å². The number of hydrogen-bond donors (Lipinski definition) is 0. The van der Waals surface area contributed by atoms with Crippen molar-refractivity contribution >= 4 is 16.7 Å². The normalized spacial score (nSPS) is 11.2. The first-order valence-electron chi connectivity index (χ1n) is 8.45. The molecule has 0 saturated heterocycles. The van der Waals surface area contributed by atoms with Gasteiger partial charge in [0.15, 0.2) is 0 Å². The van der Waals surface area contributed by atoms with Crippen LogP contribution in [0, 0.1) is 5.82 Å². The lowest BCUT2D eigenvalue weighted by molar-refractivity contribution is 0.402. The molecule has 1 aromatic heterocycles. The van der Waals surface area contributed by atoms with E-state index in [0.29, 0.717) is 5.52 Å². The van der Waals surface area contributed by atoms with Crippen molar-refractivity contribution in [2.45, 2.75) is 20.0 Å². The number of hydrogen-bond acceptors (Lipinski definition) is 4. The van der Waals surface area contributed by atoms with Gasteiger partial charge < -0.3 is 9.80 Å². The van der Waals surface area contributed by atoms with Crippen LogP contribution in [0.5, 0.6) is 0 Å². The van der Waals surface area contributed by atoms with Gasteiger partial charge in [0.2, 0.25) is 0 Å². The van der Waals surface area contributed by atoms with Crippen molar-refractivity contribution in [1.29, 1.82) is 0 Å². The molecule has 0 atom stereocenters. The zero-order valence-corrected chi connectivity index (χ0v) is 14.9. The van der Waals surface area contributed by atoms with Gasteiger partial charge in [0, 0.05) is 25.0 Å². The molecule has 0 unspecified atom stereocenters. The van der Waals surface area contributed by atoms with Crippen LogP contribution >= 0.6 is 0 Å². The molecule has 3 rings (SSSR count). The fourth-order valence-corrected chi connectivity index (χ4v) is 2.96. The van der Waals surface area contributed by atoms with Gasteiger partial charge >= 0.3 is 0 Å². The van der Waals surface area contributed by atoms with Crippen molar-refractivity contribution in [2.24, 2.45) is 0 Å².